The number of fused-ring (bicyclic) bond motifs is 1. The first kappa shape index (κ1) is 12.8. The van der Waals surface area contributed by atoms with Gasteiger partial charge in [0.25, 0.3) is 5.56 Å². The van der Waals surface area contributed by atoms with Gasteiger partial charge in [-0.25, -0.2) is 0 Å². The van der Waals surface area contributed by atoms with E-state index in [0.29, 0.717) is 18.5 Å². The van der Waals surface area contributed by atoms with E-state index in [-0.39, 0.29) is 18.7 Å². The first-order chi connectivity index (χ1) is 8.77. The summed E-state index contributed by atoms with van der Waals surface area (Å²) < 4.78 is 1.76. The second kappa shape index (κ2) is 5.80. The van der Waals surface area contributed by atoms with E-state index in [0.717, 1.165) is 17.3 Å². The maximum atomic E-state index is 12.2. The van der Waals surface area contributed by atoms with Crippen LogP contribution in [0.5, 0.6) is 0 Å². The van der Waals surface area contributed by atoms with E-state index >= 15 is 0 Å². The number of hydrogen-bond donors (Lipinski definition) is 2. The molecule has 0 amide bonds. The van der Waals surface area contributed by atoms with Gasteiger partial charge in [-0.1, -0.05) is 18.2 Å². The average Bonchev–Trinajstić information content (AvgIpc) is 2.41. The van der Waals surface area contributed by atoms with Crippen LogP contribution >= 0.6 is 0 Å². The Kier molecular flexibility index (Phi) is 4.12. The zero-order valence-corrected chi connectivity index (χ0v) is 10.3. The maximum Gasteiger partial charge on any atom is 0.255 e. The topological polar surface area (TPSA) is 68.2 Å². The Morgan fingerprint density at radius 2 is 2.00 bits per heavy atom. The normalized spacial score (nSPS) is 11.0. The first-order valence-corrected chi connectivity index (χ1v) is 6.20. The molecule has 0 radical (unpaired) electrons. The van der Waals surface area contributed by atoms with Crippen LogP contribution in [0, 0.1) is 0 Å². The lowest BCUT2D eigenvalue weighted by Gasteiger charge is -2.12. The lowest BCUT2D eigenvalue weighted by atomic mass is 10.1. The van der Waals surface area contributed by atoms with Gasteiger partial charge in [0.05, 0.1) is 5.52 Å². The van der Waals surface area contributed by atoms with Gasteiger partial charge in [-0.05, 0) is 30.4 Å². The molecule has 0 fully saturated rings. The van der Waals surface area contributed by atoms with E-state index in [1.165, 1.54) is 0 Å². The Balaban J connectivity index is 2.52. The van der Waals surface area contributed by atoms with Gasteiger partial charge in [0.15, 0.2) is 0 Å². The Labute approximate surface area is 106 Å². The summed E-state index contributed by atoms with van der Waals surface area (Å²) in [5.41, 5.74) is 7.16. The zero-order chi connectivity index (χ0) is 13.0. The molecule has 18 heavy (non-hydrogen) atoms. The molecule has 3 N–H and O–H groups in total. The number of hydrogen-bond acceptors (Lipinski definition) is 3. The van der Waals surface area contributed by atoms with Crippen molar-refractivity contribution in [3.8, 4) is 0 Å². The van der Waals surface area contributed by atoms with E-state index in [1.54, 1.807) is 4.57 Å². The molecule has 0 bridgehead atoms. The fourth-order valence-electron chi connectivity index (χ4n) is 2.14. The molecule has 2 rings (SSSR count). The van der Waals surface area contributed by atoms with E-state index in [4.69, 9.17) is 10.8 Å². The van der Waals surface area contributed by atoms with Crippen molar-refractivity contribution in [3.63, 3.8) is 0 Å². The summed E-state index contributed by atoms with van der Waals surface area (Å²) in [6.07, 6.45) is 1.49. The summed E-state index contributed by atoms with van der Waals surface area (Å²) in [6.45, 7) is 1.03. The average molecular weight is 246 g/mol. The van der Waals surface area contributed by atoms with Crippen LogP contribution in [0.3, 0.4) is 0 Å². The second-order valence-electron chi connectivity index (χ2n) is 4.32. The van der Waals surface area contributed by atoms with Crippen LogP contribution in [-0.2, 0) is 13.1 Å². The van der Waals surface area contributed by atoms with Crippen LogP contribution in [-0.4, -0.2) is 16.3 Å². The largest absolute Gasteiger partial charge is 0.396 e. The van der Waals surface area contributed by atoms with Gasteiger partial charge in [-0.2, -0.15) is 0 Å². The fraction of sp³-hybridized carbons (Fsp3) is 0.357. The van der Waals surface area contributed by atoms with Crippen LogP contribution in [0.15, 0.2) is 35.1 Å². The third-order valence-electron chi connectivity index (χ3n) is 3.09. The van der Waals surface area contributed by atoms with E-state index in [9.17, 15) is 4.79 Å². The maximum absolute atomic E-state index is 12.2. The van der Waals surface area contributed by atoms with Crippen LogP contribution < -0.4 is 11.3 Å². The first-order valence-electron chi connectivity index (χ1n) is 6.20. The number of nitrogens with two attached hydrogens (primary N) is 1. The molecule has 0 saturated heterocycles. The van der Waals surface area contributed by atoms with Crippen molar-refractivity contribution in [3.05, 3.63) is 46.2 Å². The molecule has 0 aliphatic carbocycles. The van der Waals surface area contributed by atoms with Crippen LogP contribution in [0.4, 0.5) is 0 Å². The molecule has 0 aliphatic heterocycles. The molecular formula is C14H18N2O2. The van der Waals surface area contributed by atoms with Crippen molar-refractivity contribution < 1.29 is 5.11 Å². The molecule has 0 saturated carbocycles. The second-order valence-corrected chi connectivity index (χ2v) is 4.32. The molecule has 0 unspecified atom stereocenters. The summed E-state index contributed by atoms with van der Waals surface area (Å²) >= 11 is 0. The van der Waals surface area contributed by atoms with Gasteiger partial charge in [0.1, 0.15) is 0 Å². The number of para-hydroxylation sites is 1. The lowest BCUT2D eigenvalue weighted by Crippen LogP contribution is -2.25. The Hall–Kier alpha value is -1.65. The predicted octanol–water partition coefficient (Wildman–Crippen LogP) is 1.23. The quantitative estimate of drug-likeness (QED) is 0.780. The summed E-state index contributed by atoms with van der Waals surface area (Å²) in [6, 6.07) is 9.66. The Morgan fingerprint density at radius 1 is 1.22 bits per heavy atom. The SMILES string of the molecule is NCc1cc2ccccc2n(CCCCO)c1=O. The fourth-order valence-corrected chi connectivity index (χ4v) is 2.14. The Morgan fingerprint density at radius 3 is 2.72 bits per heavy atom. The van der Waals surface area contributed by atoms with Crippen molar-refractivity contribution in [1.82, 2.24) is 4.57 Å². The molecule has 4 heteroatoms. The minimum atomic E-state index is -0.0193. The number of benzene rings is 1. The van der Waals surface area contributed by atoms with Crippen molar-refractivity contribution in [2.45, 2.75) is 25.9 Å². The Bertz CT molecular complexity index is 590. The van der Waals surface area contributed by atoms with Gasteiger partial charge in [-0.15, -0.1) is 0 Å². The van der Waals surface area contributed by atoms with Crippen LogP contribution in [0.1, 0.15) is 18.4 Å². The molecule has 0 spiro atoms. The van der Waals surface area contributed by atoms with Gasteiger partial charge >= 0.3 is 0 Å². The highest BCUT2D eigenvalue weighted by atomic mass is 16.2. The number of nitrogens with zero attached hydrogens (tertiary/aromatic N) is 1. The summed E-state index contributed by atoms with van der Waals surface area (Å²) in [5.74, 6) is 0. The van der Waals surface area contributed by atoms with E-state index in [1.807, 2.05) is 30.3 Å². The number of aromatic nitrogens is 1. The highest BCUT2D eigenvalue weighted by Gasteiger charge is 2.07. The smallest absolute Gasteiger partial charge is 0.255 e. The molecule has 2 aromatic rings. The van der Waals surface area contributed by atoms with Gasteiger partial charge in [0.2, 0.25) is 0 Å². The van der Waals surface area contributed by atoms with Crippen LogP contribution in [0.2, 0.25) is 0 Å². The molecule has 0 aliphatic rings. The van der Waals surface area contributed by atoms with Crippen LogP contribution in [0.25, 0.3) is 10.9 Å². The number of aliphatic hydroxyl groups excluding tert-OH is 1. The van der Waals surface area contributed by atoms with Gasteiger partial charge < -0.3 is 15.4 Å². The lowest BCUT2D eigenvalue weighted by molar-refractivity contribution is 0.281. The van der Waals surface area contributed by atoms with Crippen molar-refractivity contribution in [2.75, 3.05) is 6.61 Å². The third-order valence-corrected chi connectivity index (χ3v) is 3.09. The number of aliphatic hydroxyl groups is 1. The molecule has 1 aromatic carbocycles. The minimum absolute atomic E-state index is 0.0193. The monoisotopic (exact) mass is 246 g/mol. The minimum Gasteiger partial charge on any atom is -0.396 e. The number of rotatable bonds is 5. The third kappa shape index (κ3) is 2.44. The van der Waals surface area contributed by atoms with E-state index in [2.05, 4.69) is 0 Å². The van der Waals surface area contributed by atoms with Crippen molar-refractivity contribution in [1.29, 1.82) is 0 Å². The van der Waals surface area contributed by atoms with Gasteiger partial charge in [-0.3, -0.25) is 4.79 Å². The van der Waals surface area contributed by atoms with Crippen molar-refractivity contribution in [2.24, 2.45) is 5.73 Å². The van der Waals surface area contributed by atoms with Gasteiger partial charge in [0, 0.05) is 25.3 Å². The standard InChI is InChI=1S/C14H18N2O2/c15-10-12-9-11-5-1-2-6-13(11)16(14(12)18)7-3-4-8-17/h1-2,5-6,9,17H,3-4,7-8,10,15H2. The summed E-state index contributed by atoms with van der Waals surface area (Å²) in [4.78, 5) is 12.2. The van der Waals surface area contributed by atoms with E-state index < -0.39 is 0 Å². The number of unbranched alkanes of at least 4 members (excludes halogenated alkanes) is 1. The molecule has 0 atom stereocenters. The molecular weight excluding hydrogens is 228 g/mol. The summed E-state index contributed by atoms with van der Waals surface area (Å²) in [7, 11) is 0. The van der Waals surface area contributed by atoms with Crippen molar-refractivity contribution >= 4 is 10.9 Å². The molecule has 4 nitrogen and oxygen atoms in total. The highest BCUT2D eigenvalue weighted by Crippen LogP contribution is 2.13. The highest BCUT2D eigenvalue weighted by molar-refractivity contribution is 5.79. The molecule has 96 valence electrons. The number of pyridine rings is 1. The predicted molar refractivity (Wildman–Crippen MR) is 72.4 cm³/mol. The summed E-state index contributed by atoms with van der Waals surface area (Å²) in [5, 5.41) is 9.85. The number of aryl methyl sites for hydroxylation is 1. The molecule has 1 aromatic heterocycles. The molecule has 1 heterocycles. The zero-order valence-electron chi connectivity index (χ0n) is 10.3.